The van der Waals surface area contributed by atoms with Gasteiger partial charge < -0.3 is 14.6 Å². The standard InChI is InChI=1S/C24H46O4/c1-20(2)27-22(5)23(28-21(3)4)18-16-14-12-10-8-6-7-9-11-13-15-17-19-24(25)26/h14,16,20-23H,6-13,15,17-19H2,1-5H3,(H,25,26)/b16-14+. The molecule has 0 saturated heterocycles. The third-order valence-electron chi connectivity index (χ3n) is 4.75. The fraction of sp³-hybridized carbons (Fsp3) is 0.875. The van der Waals surface area contributed by atoms with Gasteiger partial charge in [-0.2, -0.15) is 0 Å². The molecular weight excluding hydrogens is 352 g/mol. The topological polar surface area (TPSA) is 55.8 Å². The van der Waals surface area contributed by atoms with Gasteiger partial charge in [-0.05, 0) is 60.3 Å². The first-order chi connectivity index (χ1) is 13.3. The molecule has 0 aliphatic rings. The fourth-order valence-electron chi connectivity index (χ4n) is 3.35. The van der Waals surface area contributed by atoms with Crippen molar-refractivity contribution in [3.05, 3.63) is 12.2 Å². The number of carboxylic acid groups (broad SMARTS) is 1. The maximum absolute atomic E-state index is 10.4. The lowest BCUT2D eigenvalue weighted by Crippen LogP contribution is -2.32. The van der Waals surface area contributed by atoms with Crippen molar-refractivity contribution in [2.24, 2.45) is 0 Å². The Morgan fingerprint density at radius 3 is 1.75 bits per heavy atom. The third kappa shape index (κ3) is 18.5. The summed E-state index contributed by atoms with van der Waals surface area (Å²) in [5.74, 6) is -0.671. The summed E-state index contributed by atoms with van der Waals surface area (Å²) < 4.78 is 11.9. The van der Waals surface area contributed by atoms with Gasteiger partial charge in [0.25, 0.3) is 0 Å². The monoisotopic (exact) mass is 398 g/mol. The van der Waals surface area contributed by atoms with Gasteiger partial charge in [-0.1, -0.05) is 57.1 Å². The highest BCUT2D eigenvalue weighted by atomic mass is 16.5. The van der Waals surface area contributed by atoms with E-state index in [4.69, 9.17) is 14.6 Å². The van der Waals surface area contributed by atoms with E-state index in [9.17, 15) is 4.79 Å². The highest BCUT2D eigenvalue weighted by molar-refractivity contribution is 5.66. The molecule has 0 amide bonds. The Morgan fingerprint density at radius 1 is 0.750 bits per heavy atom. The van der Waals surface area contributed by atoms with Crippen LogP contribution in [0.3, 0.4) is 0 Å². The van der Waals surface area contributed by atoms with Crippen LogP contribution < -0.4 is 0 Å². The Hall–Kier alpha value is -0.870. The van der Waals surface area contributed by atoms with E-state index in [1.807, 2.05) is 0 Å². The largest absolute Gasteiger partial charge is 0.481 e. The molecule has 0 saturated carbocycles. The molecule has 0 aromatic heterocycles. The van der Waals surface area contributed by atoms with Gasteiger partial charge in [0.1, 0.15) is 0 Å². The van der Waals surface area contributed by atoms with Crippen molar-refractivity contribution in [2.75, 3.05) is 0 Å². The van der Waals surface area contributed by atoms with E-state index < -0.39 is 5.97 Å². The lowest BCUT2D eigenvalue weighted by atomic mass is 10.1. The maximum atomic E-state index is 10.4. The van der Waals surface area contributed by atoms with Crippen molar-refractivity contribution in [3.8, 4) is 0 Å². The Morgan fingerprint density at radius 2 is 1.25 bits per heavy atom. The molecule has 4 nitrogen and oxygen atoms in total. The Kier molecular flexibility index (Phi) is 17.6. The molecule has 0 aromatic rings. The van der Waals surface area contributed by atoms with Crippen molar-refractivity contribution >= 4 is 5.97 Å². The summed E-state index contributed by atoms with van der Waals surface area (Å²) in [6.45, 7) is 10.4. The summed E-state index contributed by atoms with van der Waals surface area (Å²) in [4.78, 5) is 10.4. The second-order valence-corrected chi connectivity index (χ2v) is 8.43. The molecule has 2 atom stereocenters. The number of carboxylic acids is 1. The number of ether oxygens (including phenoxy) is 2. The van der Waals surface area contributed by atoms with Gasteiger partial charge in [0.05, 0.1) is 24.4 Å². The zero-order valence-corrected chi connectivity index (χ0v) is 19.1. The average molecular weight is 399 g/mol. The van der Waals surface area contributed by atoms with E-state index in [1.54, 1.807) is 0 Å². The molecule has 0 radical (unpaired) electrons. The number of allylic oxidation sites excluding steroid dienone is 1. The van der Waals surface area contributed by atoms with Crippen LogP contribution in [-0.2, 0) is 14.3 Å². The van der Waals surface area contributed by atoms with Crippen LogP contribution in [0.2, 0.25) is 0 Å². The van der Waals surface area contributed by atoms with Gasteiger partial charge in [0.2, 0.25) is 0 Å². The number of unbranched alkanes of at least 4 members (excludes halogenated alkanes) is 9. The van der Waals surface area contributed by atoms with Crippen molar-refractivity contribution in [1.82, 2.24) is 0 Å². The van der Waals surface area contributed by atoms with Gasteiger partial charge in [0, 0.05) is 6.42 Å². The van der Waals surface area contributed by atoms with Crippen LogP contribution in [-0.4, -0.2) is 35.5 Å². The highest BCUT2D eigenvalue weighted by Gasteiger charge is 2.19. The van der Waals surface area contributed by atoms with E-state index in [2.05, 4.69) is 46.8 Å². The molecule has 0 aliphatic carbocycles. The third-order valence-corrected chi connectivity index (χ3v) is 4.75. The fourth-order valence-corrected chi connectivity index (χ4v) is 3.35. The van der Waals surface area contributed by atoms with E-state index in [0.717, 1.165) is 25.7 Å². The van der Waals surface area contributed by atoms with Gasteiger partial charge in [-0.25, -0.2) is 0 Å². The van der Waals surface area contributed by atoms with Crippen molar-refractivity contribution < 1.29 is 19.4 Å². The SMILES string of the molecule is CC(C)OC(C)C(C/C=C/CCCCCCCCCCCC(=O)O)OC(C)C. The van der Waals surface area contributed by atoms with Crippen LogP contribution in [0.25, 0.3) is 0 Å². The maximum Gasteiger partial charge on any atom is 0.303 e. The van der Waals surface area contributed by atoms with E-state index in [-0.39, 0.29) is 24.4 Å². The molecule has 0 aromatic carbocycles. The molecule has 166 valence electrons. The van der Waals surface area contributed by atoms with E-state index >= 15 is 0 Å². The van der Waals surface area contributed by atoms with Gasteiger partial charge in [0.15, 0.2) is 0 Å². The van der Waals surface area contributed by atoms with Crippen LogP contribution in [0.15, 0.2) is 12.2 Å². The molecule has 0 bridgehead atoms. The molecular formula is C24H46O4. The first-order valence-corrected chi connectivity index (χ1v) is 11.5. The van der Waals surface area contributed by atoms with Crippen molar-refractivity contribution in [2.45, 2.75) is 136 Å². The summed E-state index contributed by atoms with van der Waals surface area (Å²) in [7, 11) is 0. The predicted octanol–water partition coefficient (Wildman–Crippen LogP) is 6.92. The first kappa shape index (κ1) is 27.1. The minimum absolute atomic E-state index is 0.108. The molecule has 28 heavy (non-hydrogen) atoms. The molecule has 0 spiro atoms. The molecule has 0 fully saturated rings. The van der Waals surface area contributed by atoms with Crippen LogP contribution >= 0.6 is 0 Å². The zero-order valence-electron chi connectivity index (χ0n) is 19.1. The van der Waals surface area contributed by atoms with E-state index in [1.165, 1.54) is 44.9 Å². The van der Waals surface area contributed by atoms with E-state index in [0.29, 0.717) is 6.42 Å². The summed E-state index contributed by atoms with van der Waals surface area (Å²) >= 11 is 0. The van der Waals surface area contributed by atoms with Gasteiger partial charge in [-0.15, -0.1) is 0 Å². The number of carbonyl (C=O) groups is 1. The number of aliphatic carboxylic acids is 1. The zero-order chi connectivity index (χ0) is 21.2. The molecule has 0 heterocycles. The lowest BCUT2D eigenvalue weighted by Gasteiger charge is -2.27. The minimum atomic E-state index is -0.671. The second kappa shape index (κ2) is 18.2. The van der Waals surface area contributed by atoms with Crippen LogP contribution in [0, 0.1) is 0 Å². The molecule has 0 aliphatic heterocycles. The van der Waals surface area contributed by atoms with Crippen LogP contribution in [0.5, 0.6) is 0 Å². The Labute approximate surface area is 174 Å². The summed E-state index contributed by atoms with van der Waals surface area (Å²) in [6.07, 6.45) is 18.3. The smallest absolute Gasteiger partial charge is 0.303 e. The number of hydrogen-bond acceptors (Lipinski definition) is 3. The first-order valence-electron chi connectivity index (χ1n) is 11.5. The Bertz CT molecular complexity index is 390. The second-order valence-electron chi connectivity index (χ2n) is 8.43. The normalized spacial score (nSPS) is 14.2. The van der Waals surface area contributed by atoms with Gasteiger partial charge >= 0.3 is 5.97 Å². The highest BCUT2D eigenvalue weighted by Crippen LogP contribution is 2.15. The van der Waals surface area contributed by atoms with Crippen LogP contribution in [0.4, 0.5) is 0 Å². The molecule has 2 unspecified atom stereocenters. The quantitative estimate of drug-likeness (QED) is 0.190. The molecule has 4 heteroatoms. The Balaban J connectivity index is 3.67. The summed E-state index contributed by atoms with van der Waals surface area (Å²) in [6, 6.07) is 0. The van der Waals surface area contributed by atoms with Gasteiger partial charge in [-0.3, -0.25) is 4.79 Å². The lowest BCUT2D eigenvalue weighted by molar-refractivity contribution is -0.137. The molecule has 0 rings (SSSR count). The van der Waals surface area contributed by atoms with Crippen LogP contribution in [0.1, 0.15) is 112 Å². The number of rotatable bonds is 19. The van der Waals surface area contributed by atoms with Crippen molar-refractivity contribution in [1.29, 1.82) is 0 Å². The predicted molar refractivity (Wildman–Crippen MR) is 118 cm³/mol. The minimum Gasteiger partial charge on any atom is -0.481 e. The number of hydrogen-bond donors (Lipinski definition) is 1. The summed E-state index contributed by atoms with van der Waals surface area (Å²) in [5, 5.41) is 8.59. The average Bonchev–Trinajstić information content (AvgIpc) is 2.59. The van der Waals surface area contributed by atoms with Crippen molar-refractivity contribution in [3.63, 3.8) is 0 Å². The summed E-state index contributed by atoms with van der Waals surface area (Å²) in [5.41, 5.74) is 0. The molecule has 1 N–H and O–H groups in total.